The molecule has 0 saturated heterocycles. The van der Waals surface area contributed by atoms with E-state index in [1.807, 2.05) is 42.1 Å². The number of nitrogens with zero attached hydrogens (tertiary/aromatic N) is 2. The summed E-state index contributed by atoms with van der Waals surface area (Å²) in [4.78, 5) is 0. The number of ether oxygens (including phenoxy) is 1. The molecule has 0 unspecified atom stereocenters. The smallest absolute Gasteiger partial charge is 0.119 e. The van der Waals surface area contributed by atoms with Crippen LogP contribution in [0.1, 0.15) is 31.7 Å². The van der Waals surface area contributed by atoms with E-state index in [-0.39, 0.29) is 0 Å². The van der Waals surface area contributed by atoms with Gasteiger partial charge in [0.2, 0.25) is 0 Å². The Labute approximate surface area is 126 Å². The minimum Gasteiger partial charge on any atom is -0.494 e. The lowest BCUT2D eigenvalue weighted by atomic mass is 10.2. The molecule has 4 heteroatoms. The van der Waals surface area contributed by atoms with Gasteiger partial charge in [-0.2, -0.15) is 5.10 Å². The van der Waals surface area contributed by atoms with Crippen LogP contribution in [0.15, 0.2) is 36.7 Å². The average Bonchev–Trinajstić information content (AvgIpc) is 3.21. The van der Waals surface area contributed by atoms with Gasteiger partial charge in [-0.15, -0.1) is 0 Å². The molecule has 2 aromatic rings. The van der Waals surface area contributed by atoms with Crippen LogP contribution >= 0.6 is 0 Å². The van der Waals surface area contributed by atoms with E-state index in [1.165, 1.54) is 24.8 Å². The van der Waals surface area contributed by atoms with Gasteiger partial charge in [-0.05, 0) is 69.0 Å². The number of aromatic nitrogens is 2. The number of hydrogen-bond donors (Lipinski definition) is 1. The molecule has 0 aliphatic heterocycles. The second-order valence-electron chi connectivity index (χ2n) is 5.55. The van der Waals surface area contributed by atoms with Crippen molar-refractivity contribution in [2.45, 2.75) is 38.6 Å². The van der Waals surface area contributed by atoms with Crippen LogP contribution in [0.25, 0.3) is 5.69 Å². The van der Waals surface area contributed by atoms with Crippen molar-refractivity contribution < 1.29 is 4.74 Å². The highest BCUT2D eigenvalue weighted by atomic mass is 16.5. The van der Waals surface area contributed by atoms with Gasteiger partial charge in [0, 0.05) is 12.2 Å². The summed E-state index contributed by atoms with van der Waals surface area (Å²) < 4.78 is 7.39. The molecule has 1 aliphatic carbocycles. The van der Waals surface area contributed by atoms with Crippen LogP contribution in [0, 0.1) is 0 Å². The molecule has 3 rings (SSSR count). The highest BCUT2D eigenvalue weighted by molar-refractivity contribution is 5.37. The lowest BCUT2D eigenvalue weighted by Crippen LogP contribution is -2.17. The molecular weight excluding hydrogens is 262 g/mol. The number of aryl methyl sites for hydroxylation is 1. The van der Waals surface area contributed by atoms with E-state index in [1.54, 1.807) is 0 Å². The summed E-state index contributed by atoms with van der Waals surface area (Å²) in [6.07, 6.45) is 9.05. The van der Waals surface area contributed by atoms with E-state index in [0.717, 1.165) is 30.4 Å². The Morgan fingerprint density at radius 2 is 2.10 bits per heavy atom. The van der Waals surface area contributed by atoms with Crippen molar-refractivity contribution in [2.75, 3.05) is 13.2 Å². The molecule has 1 saturated carbocycles. The van der Waals surface area contributed by atoms with Gasteiger partial charge in [-0.3, -0.25) is 0 Å². The molecule has 1 fully saturated rings. The Morgan fingerprint density at radius 3 is 2.81 bits per heavy atom. The molecule has 4 nitrogen and oxygen atoms in total. The second-order valence-corrected chi connectivity index (χ2v) is 5.55. The van der Waals surface area contributed by atoms with Gasteiger partial charge in [-0.25, -0.2) is 4.68 Å². The van der Waals surface area contributed by atoms with Crippen LogP contribution in [0.4, 0.5) is 0 Å². The summed E-state index contributed by atoms with van der Waals surface area (Å²) in [6.45, 7) is 3.80. The minimum atomic E-state index is 0.695. The van der Waals surface area contributed by atoms with Crippen molar-refractivity contribution in [2.24, 2.45) is 0 Å². The molecule has 112 valence electrons. The summed E-state index contributed by atoms with van der Waals surface area (Å²) >= 11 is 0. The third kappa shape index (κ3) is 4.08. The molecule has 0 atom stereocenters. The van der Waals surface area contributed by atoms with Crippen molar-refractivity contribution in [3.63, 3.8) is 0 Å². The van der Waals surface area contributed by atoms with Crippen molar-refractivity contribution in [1.82, 2.24) is 15.1 Å². The normalized spacial score (nSPS) is 14.3. The Balaban J connectivity index is 1.53. The van der Waals surface area contributed by atoms with Gasteiger partial charge in [0.05, 0.1) is 18.5 Å². The van der Waals surface area contributed by atoms with E-state index >= 15 is 0 Å². The van der Waals surface area contributed by atoms with Crippen LogP contribution < -0.4 is 10.1 Å². The first-order chi connectivity index (χ1) is 10.3. The number of nitrogens with one attached hydrogen (secondary N) is 1. The zero-order valence-electron chi connectivity index (χ0n) is 12.6. The summed E-state index contributed by atoms with van der Waals surface area (Å²) in [5.41, 5.74) is 2.36. The third-order valence-corrected chi connectivity index (χ3v) is 3.70. The first-order valence-electron chi connectivity index (χ1n) is 7.85. The minimum absolute atomic E-state index is 0.695. The molecule has 0 amide bonds. The maximum absolute atomic E-state index is 5.46. The fraction of sp³-hybridized carbons (Fsp3) is 0.471. The molecule has 1 heterocycles. The molecule has 0 spiro atoms. The highest BCUT2D eigenvalue weighted by Gasteiger charge is 2.19. The van der Waals surface area contributed by atoms with Crippen LogP contribution in [0.2, 0.25) is 0 Å². The van der Waals surface area contributed by atoms with Crippen LogP contribution in [0.3, 0.4) is 0 Å². The average molecular weight is 285 g/mol. The molecule has 0 radical (unpaired) electrons. The van der Waals surface area contributed by atoms with Crippen molar-refractivity contribution in [1.29, 1.82) is 0 Å². The monoisotopic (exact) mass is 285 g/mol. The van der Waals surface area contributed by atoms with Crippen molar-refractivity contribution in [3.05, 3.63) is 42.2 Å². The van der Waals surface area contributed by atoms with Gasteiger partial charge in [0.15, 0.2) is 0 Å². The number of hydrogen-bond acceptors (Lipinski definition) is 3. The quantitative estimate of drug-likeness (QED) is 0.758. The fourth-order valence-electron chi connectivity index (χ4n) is 2.38. The summed E-state index contributed by atoms with van der Waals surface area (Å²) in [5.74, 6) is 0.903. The van der Waals surface area contributed by atoms with Gasteiger partial charge < -0.3 is 10.1 Å². The van der Waals surface area contributed by atoms with Gasteiger partial charge in [-0.1, -0.05) is 0 Å². The van der Waals surface area contributed by atoms with E-state index in [0.29, 0.717) is 6.61 Å². The molecule has 1 N–H and O–H groups in total. The zero-order valence-corrected chi connectivity index (χ0v) is 12.6. The van der Waals surface area contributed by atoms with Gasteiger partial charge >= 0.3 is 0 Å². The number of rotatable bonds is 8. The Morgan fingerprint density at radius 1 is 1.29 bits per heavy atom. The van der Waals surface area contributed by atoms with E-state index in [4.69, 9.17) is 4.74 Å². The molecule has 1 aromatic heterocycles. The Kier molecular flexibility index (Phi) is 4.55. The lowest BCUT2D eigenvalue weighted by Gasteiger charge is -2.05. The predicted molar refractivity (Wildman–Crippen MR) is 84.1 cm³/mol. The standard InChI is InChI=1S/C17H23N3O/c1-2-21-17-9-7-16(8-10-17)20-13-14(12-19-20)4-3-11-18-15-5-6-15/h7-10,12-13,15,18H,2-6,11H2,1H3. The van der Waals surface area contributed by atoms with E-state index in [9.17, 15) is 0 Å². The molecular formula is C17H23N3O. The largest absolute Gasteiger partial charge is 0.494 e. The number of benzene rings is 1. The molecule has 21 heavy (non-hydrogen) atoms. The van der Waals surface area contributed by atoms with E-state index in [2.05, 4.69) is 16.6 Å². The van der Waals surface area contributed by atoms with Crippen molar-refractivity contribution in [3.8, 4) is 11.4 Å². The first kappa shape index (κ1) is 14.1. The Bertz CT molecular complexity index is 558. The predicted octanol–water partition coefficient (Wildman–Crippen LogP) is 2.96. The Hall–Kier alpha value is -1.81. The lowest BCUT2D eigenvalue weighted by molar-refractivity contribution is 0.340. The second kappa shape index (κ2) is 6.76. The highest BCUT2D eigenvalue weighted by Crippen LogP contribution is 2.18. The topological polar surface area (TPSA) is 39.1 Å². The maximum Gasteiger partial charge on any atom is 0.119 e. The van der Waals surface area contributed by atoms with Crippen LogP contribution in [0.5, 0.6) is 5.75 Å². The fourth-order valence-corrected chi connectivity index (χ4v) is 2.38. The summed E-state index contributed by atoms with van der Waals surface area (Å²) in [7, 11) is 0. The third-order valence-electron chi connectivity index (χ3n) is 3.70. The SMILES string of the molecule is CCOc1ccc(-n2cc(CCCNC3CC3)cn2)cc1. The molecule has 0 bridgehead atoms. The van der Waals surface area contributed by atoms with Crippen LogP contribution in [-0.4, -0.2) is 29.0 Å². The maximum atomic E-state index is 5.46. The van der Waals surface area contributed by atoms with Crippen molar-refractivity contribution >= 4 is 0 Å². The van der Waals surface area contributed by atoms with E-state index < -0.39 is 0 Å². The zero-order chi connectivity index (χ0) is 14.5. The van der Waals surface area contributed by atoms with Gasteiger partial charge in [0.25, 0.3) is 0 Å². The van der Waals surface area contributed by atoms with Crippen LogP contribution in [-0.2, 0) is 6.42 Å². The first-order valence-corrected chi connectivity index (χ1v) is 7.85. The molecule has 1 aromatic carbocycles. The summed E-state index contributed by atoms with van der Waals surface area (Å²) in [6, 6.07) is 8.85. The van der Waals surface area contributed by atoms with Gasteiger partial charge in [0.1, 0.15) is 5.75 Å². The molecule has 1 aliphatic rings. The summed E-state index contributed by atoms with van der Waals surface area (Å²) in [5, 5.41) is 7.99.